The van der Waals surface area contributed by atoms with Gasteiger partial charge in [-0.2, -0.15) is 8.42 Å². The minimum atomic E-state index is -4.32. The number of ether oxygens (including phenoxy) is 1. The standard InChI is InChI=1S/C12H19O5PS/c1-16-10-12(8-5-9-17-19(13,14)15)18-11-6-3-2-4-7-11/h2-4,6-7,12,18H,5,8-10H2,1H3,(H,13,14,15)/t12-/m1/s1. The summed E-state index contributed by atoms with van der Waals surface area (Å²) in [7, 11) is -2.06. The van der Waals surface area contributed by atoms with Gasteiger partial charge in [0.15, 0.2) is 0 Å². The Hall–Kier alpha value is -0.520. The monoisotopic (exact) mass is 306 g/mol. The Bertz CT molecular complexity index is 448. The fraction of sp³-hybridized carbons (Fsp3) is 0.500. The average Bonchev–Trinajstić information content (AvgIpc) is 2.35. The van der Waals surface area contributed by atoms with E-state index in [1.165, 1.54) is 5.30 Å². The van der Waals surface area contributed by atoms with Crippen molar-refractivity contribution >= 4 is 24.3 Å². The first-order chi connectivity index (χ1) is 9.01. The summed E-state index contributed by atoms with van der Waals surface area (Å²) in [6.45, 7) is 0.623. The van der Waals surface area contributed by atoms with Crippen molar-refractivity contribution < 1.29 is 21.9 Å². The van der Waals surface area contributed by atoms with E-state index in [0.29, 0.717) is 27.3 Å². The van der Waals surface area contributed by atoms with Crippen LogP contribution < -0.4 is 5.30 Å². The van der Waals surface area contributed by atoms with Crippen LogP contribution in [-0.2, 0) is 19.3 Å². The molecule has 19 heavy (non-hydrogen) atoms. The molecule has 1 aromatic carbocycles. The van der Waals surface area contributed by atoms with Crippen LogP contribution in [0.2, 0.25) is 0 Å². The molecule has 0 saturated heterocycles. The molecule has 0 aromatic heterocycles. The molecule has 108 valence electrons. The molecular weight excluding hydrogens is 287 g/mol. The van der Waals surface area contributed by atoms with Crippen LogP contribution in [0.1, 0.15) is 12.8 Å². The number of benzene rings is 1. The highest BCUT2D eigenvalue weighted by Crippen LogP contribution is 2.23. The van der Waals surface area contributed by atoms with Gasteiger partial charge in [-0.15, -0.1) is 0 Å². The van der Waals surface area contributed by atoms with Crippen molar-refractivity contribution in [1.82, 2.24) is 0 Å². The van der Waals surface area contributed by atoms with Crippen molar-refractivity contribution in [3.63, 3.8) is 0 Å². The summed E-state index contributed by atoms with van der Waals surface area (Å²) < 4.78 is 38.7. The molecule has 2 atom stereocenters. The Kier molecular flexibility index (Phi) is 7.49. The maximum Gasteiger partial charge on any atom is 0.397 e. The first kappa shape index (κ1) is 16.5. The van der Waals surface area contributed by atoms with Crippen molar-refractivity contribution in [3.05, 3.63) is 30.3 Å². The summed E-state index contributed by atoms with van der Waals surface area (Å²) in [5.74, 6) is 0. The lowest BCUT2D eigenvalue weighted by Crippen LogP contribution is -2.14. The number of hydrogen-bond acceptors (Lipinski definition) is 4. The third-order valence-corrected chi connectivity index (χ3v) is 4.44. The zero-order chi connectivity index (χ0) is 14.1. The molecule has 5 nitrogen and oxygen atoms in total. The van der Waals surface area contributed by atoms with Gasteiger partial charge in [0.2, 0.25) is 0 Å². The van der Waals surface area contributed by atoms with E-state index in [9.17, 15) is 8.42 Å². The van der Waals surface area contributed by atoms with Gasteiger partial charge in [-0.1, -0.05) is 38.9 Å². The number of rotatable bonds is 9. The van der Waals surface area contributed by atoms with Gasteiger partial charge in [-0.25, -0.2) is 4.18 Å². The van der Waals surface area contributed by atoms with E-state index >= 15 is 0 Å². The second-order valence-corrected chi connectivity index (χ2v) is 6.83. The maximum absolute atomic E-state index is 10.4. The van der Waals surface area contributed by atoms with Crippen LogP contribution in [0.5, 0.6) is 0 Å². The van der Waals surface area contributed by atoms with Crippen molar-refractivity contribution in [2.75, 3.05) is 20.3 Å². The number of methoxy groups -OCH3 is 1. The lowest BCUT2D eigenvalue weighted by Gasteiger charge is -2.15. The third kappa shape index (κ3) is 8.29. The second kappa shape index (κ2) is 8.61. The molecule has 0 heterocycles. The van der Waals surface area contributed by atoms with Crippen LogP contribution in [-0.4, -0.2) is 39.0 Å². The summed E-state index contributed by atoms with van der Waals surface area (Å²) in [5.41, 5.74) is 0.331. The second-order valence-electron chi connectivity index (χ2n) is 4.05. The van der Waals surface area contributed by atoms with Crippen molar-refractivity contribution in [3.8, 4) is 0 Å². The lowest BCUT2D eigenvalue weighted by atomic mass is 10.2. The minimum absolute atomic E-state index is 0.00167. The lowest BCUT2D eigenvalue weighted by molar-refractivity contribution is 0.192. The molecule has 1 unspecified atom stereocenters. The van der Waals surface area contributed by atoms with Gasteiger partial charge in [-0.3, -0.25) is 4.55 Å². The average molecular weight is 306 g/mol. The molecule has 0 amide bonds. The summed E-state index contributed by atoms with van der Waals surface area (Å²) in [5, 5.41) is 1.25. The van der Waals surface area contributed by atoms with Gasteiger partial charge in [0, 0.05) is 12.8 Å². The Labute approximate surface area is 116 Å². The van der Waals surface area contributed by atoms with Crippen LogP contribution >= 0.6 is 8.58 Å². The largest absolute Gasteiger partial charge is 0.397 e. The Balaban J connectivity index is 2.36. The van der Waals surface area contributed by atoms with E-state index < -0.39 is 10.4 Å². The van der Waals surface area contributed by atoms with Gasteiger partial charge in [0.1, 0.15) is 0 Å². The Morgan fingerprint density at radius 2 is 2.00 bits per heavy atom. The van der Waals surface area contributed by atoms with E-state index in [4.69, 9.17) is 9.29 Å². The van der Waals surface area contributed by atoms with E-state index in [0.717, 1.165) is 6.42 Å². The summed E-state index contributed by atoms with van der Waals surface area (Å²) >= 11 is 0. The fourth-order valence-corrected chi connectivity index (χ4v) is 3.45. The molecule has 0 aliphatic rings. The molecule has 0 spiro atoms. The predicted octanol–water partition coefficient (Wildman–Crippen LogP) is 1.61. The summed E-state index contributed by atoms with van der Waals surface area (Å²) in [6.07, 6.45) is 1.35. The molecule has 7 heteroatoms. The molecular formula is C12H19O5PS. The van der Waals surface area contributed by atoms with E-state index in [-0.39, 0.29) is 6.61 Å². The fourth-order valence-electron chi connectivity index (χ4n) is 1.66. The van der Waals surface area contributed by atoms with Crippen molar-refractivity contribution in [1.29, 1.82) is 0 Å². The third-order valence-electron chi connectivity index (χ3n) is 2.44. The summed E-state index contributed by atoms with van der Waals surface area (Å²) in [4.78, 5) is 0. The molecule has 0 radical (unpaired) electrons. The Morgan fingerprint density at radius 1 is 1.32 bits per heavy atom. The molecule has 0 bridgehead atoms. The van der Waals surface area contributed by atoms with E-state index in [1.807, 2.05) is 18.2 Å². The van der Waals surface area contributed by atoms with E-state index in [2.05, 4.69) is 16.3 Å². The smallest absolute Gasteiger partial charge is 0.384 e. The highest BCUT2D eigenvalue weighted by molar-refractivity contribution is 7.80. The highest BCUT2D eigenvalue weighted by Gasteiger charge is 2.11. The van der Waals surface area contributed by atoms with Crippen LogP contribution in [0, 0.1) is 0 Å². The first-order valence-corrected chi connectivity index (χ1v) is 8.38. The molecule has 1 rings (SSSR count). The molecule has 0 saturated carbocycles. The number of hydrogen-bond donors (Lipinski definition) is 1. The molecule has 0 aliphatic heterocycles. The quantitative estimate of drug-likeness (QED) is 0.426. The Morgan fingerprint density at radius 3 is 2.58 bits per heavy atom. The molecule has 0 aliphatic carbocycles. The predicted molar refractivity (Wildman–Crippen MR) is 76.8 cm³/mol. The van der Waals surface area contributed by atoms with Gasteiger partial charge < -0.3 is 4.74 Å². The van der Waals surface area contributed by atoms with Gasteiger partial charge in [0.25, 0.3) is 0 Å². The molecule has 0 fully saturated rings. The van der Waals surface area contributed by atoms with Crippen molar-refractivity contribution in [2.24, 2.45) is 0 Å². The SMILES string of the molecule is COC[C@@H](CCCOS(=O)(=O)O)Pc1ccccc1. The summed E-state index contributed by atoms with van der Waals surface area (Å²) in [6, 6.07) is 10.1. The topological polar surface area (TPSA) is 72.8 Å². The van der Waals surface area contributed by atoms with Crippen molar-refractivity contribution in [2.45, 2.75) is 18.5 Å². The van der Waals surface area contributed by atoms with Crippen LogP contribution in [0.15, 0.2) is 30.3 Å². The van der Waals surface area contributed by atoms with Gasteiger partial charge in [-0.05, 0) is 18.1 Å². The minimum Gasteiger partial charge on any atom is -0.384 e. The van der Waals surface area contributed by atoms with Crippen LogP contribution in [0.4, 0.5) is 0 Å². The zero-order valence-electron chi connectivity index (χ0n) is 10.8. The van der Waals surface area contributed by atoms with Gasteiger partial charge >= 0.3 is 10.4 Å². The first-order valence-electron chi connectivity index (χ1n) is 5.93. The normalized spacial score (nSPS) is 14.0. The van der Waals surface area contributed by atoms with Crippen LogP contribution in [0.25, 0.3) is 0 Å². The highest BCUT2D eigenvalue weighted by atomic mass is 32.3. The van der Waals surface area contributed by atoms with Gasteiger partial charge in [0.05, 0.1) is 13.2 Å². The molecule has 1 N–H and O–H groups in total. The zero-order valence-corrected chi connectivity index (χ0v) is 12.6. The molecule has 1 aromatic rings. The van der Waals surface area contributed by atoms with E-state index in [1.54, 1.807) is 7.11 Å². The maximum atomic E-state index is 10.4. The van der Waals surface area contributed by atoms with Crippen LogP contribution in [0.3, 0.4) is 0 Å².